The van der Waals surface area contributed by atoms with E-state index >= 15 is 0 Å². The number of aliphatic imine (C=N–C) groups is 1. The van der Waals surface area contributed by atoms with Gasteiger partial charge < -0.3 is 15.2 Å². The maximum atomic E-state index is 11.4. The summed E-state index contributed by atoms with van der Waals surface area (Å²) in [6.07, 6.45) is 2.18. The molecule has 0 heterocycles. The number of urea groups is 1. The predicted octanol–water partition coefficient (Wildman–Crippen LogP) is 0.355. The normalized spacial score (nSPS) is 10.3. The fourth-order valence-electron chi connectivity index (χ4n) is 0.848. The zero-order valence-electron chi connectivity index (χ0n) is 9.76. The van der Waals surface area contributed by atoms with E-state index < -0.39 is 30.1 Å². The SMILES string of the molecule is C=CCOC(=O)C/C(=N/C(N)=O)C(=O)OCC=C. The average Bonchev–Trinajstić information content (AvgIpc) is 2.32. The van der Waals surface area contributed by atoms with Crippen molar-refractivity contribution in [1.82, 2.24) is 0 Å². The van der Waals surface area contributed by atoms with Crippen LogP contribution in [0.2, 0.25) is 0 Å². The highest BCUT2D eigenvalue weighted by molar-refractivity contribution is 6.40. The van der Waals surface area contributed by atoms with Crippen molar-refractivity contribution in [3.05, 3.63) is 25.3 Å². The van der Waals surface area contributed by atoms with E-state index in [0.717, 1.165) is 0 Å². The van der Waals surface area contributed by atoms with E-state index in [2.05, 4.69) is 27.6 Å². The van der Waals surface area contributed by atoms with E-state index in [0.29, 0.717) is 0 Å². The van der Waals surface area contributed by atoms with Crippen LogP contribution in [-0.4, -0.2) is 36.9 Å². The van der Waals surface area contributed by atoms with Gasteiger partial charge >= 0.3 is 18.0 Å². The van der Waals surface area contributed by atoms with Gasteiger partial charge in [-0.2, -0.15) is 4.99 Å². The number of carbonyl (C=O) groups excluding carboxylic acids is 3. The molecule has 0 saturated carbocycles. The summed E-state index contributed by atoms with van der Waals surface area (Å²) in [6.45, 7) is 6.61. The topological polar surface area (TPSA) is 108 Å². The molecule has 0 unspecified atom stereocenters. The van der Waals surface area contributed by atoms with E-state index in [1.165, 1.54) is 12.2 Å². The third kappa shape index (κ3) is 6.94. The first-order valence-electron chi connectivity index (χ1n) is 4.92. The van der Waals surface area contributed by atoms with Crippen LogP contribution in [0.25, 0.3) is 0 Å². The number of esters is 2. The summed E-state index contributed by atoms with van der Waals surface area (Å²) in [7, 11) is 0. The molecular weight excluding hydrogens is 240 g/mol. The Hall–Kier alpha value is -2.44. The summed E-state index contributed by atoms with van der Waals surface area (Å²) in [5.74, 6) is -1.67. The molecule has 0 saturated heterocycles. The Morgan fingerprint density at radius 2 is 1.67 bits per heavy atom. The molecule has 0 fully saturated rings. The number of rotatable bonds is 7. The van der Waals surface area contributed by atoms with Gasteiger partial charge in [-0.3, -0.25) is 4.79 Å². The highest BCUT2D eigenvalue weighted by Gasteiger charge is 2.19. The van der Waals surface area contributed by atoms with E-state index in [-0.39, 0.29) is 13.2 Å². The Morgan fingerprint density at radius 1 is 1.11 bits per heavy atom. The average molecular weight is 254 g/mol. The van der Waals surface area contributed by atoms with Crippen molar-refractivity contribution in [2.24, 2.45) is 10.7 Å². The maximum absolute atomic E-state index is 11.4. The predicted molar refractivity (Wildman–Crippen MR) is 63.9 cm³/mol. The Labute approximate surface area is 104 Å². The second kappa shape index (κ2) is 8.68. The minimum Gasteiger partial charge on any atom is -0.461 e. The van der Waals surface area contributed by atoms with Crippen LogP contribution in [0.15, 0.2) is 30.3 Å². The van der Waals surface area contributed by atoms with Crippen molar-refractivity contribution in [3.8, 4) is 0 Å². The monoisotopic (exact) mass is 254 g/mol. The Morgan fingerprint density at radius 3 is 2.17 bits per heavy atom. The van der Waals surface area contributed by atoms with Crippen molar-refractivity contribution in [3.63, 3.8) is 0 Å². The number of nitrogens with zero attached hydrogens (tertiary/aromatic N) is 1. The fourth-order valence-corrected chi connectivity index (χ4v) is 0.848. The maximum Gasteiger partial charge on any atom is 0.353 e. The number of primary amides is 1. The second-order valence-electron chi connectivity index (χ2n) is 2.93. The van der Waals surface area contributed by atoms with Gasteiger partial charge in [0.25, 0.3) is 0 Å². The molecule has 98 valence electrons. The third-order valence-corrected chi connectivity index (χ3v) is 1.49. The van der Waals surface area contributed by atoms with E-state index in [4.69, 9.17) is 5.73 Å². The Bertz CT molecular complexity index is 387. The molecule has 7 heteroatoms. The van der Waals surface area contributed by atoms with Gasteiger partial charge in [0.2, 0.25) is 0 Å². The largest absolute Gasteiger partial charge is 0.461 e. The van der Waals surface area contributed by atoms with Crippen LogP contribution in [0.3, 0.4) is 0 Å². The summed E-state index contributed by atoms with van der Waals surface area (Å²) >= 11 is 0. The highest BCUT2D eigenvalue weighted by atomic mass is 16.5. The Kier molecular flexibility index (Phi) is 7.51. The van der Waals surface area contributed by atoms with Crippen LogP contribution in [0.4, 0.5) is 4.79 Å². The molecule has 0 aliphatic carbocycles. The molecule has 0 aromatic rings. The van der Waals surface area contributed by atoms with Crippen molar-refractivity contribution in [2.45, 2.75) is 6.42 Å². The number of hydrogen-bond donors (Lipinski definition) is 1. The zero-order valence-corrected chi connectivity index (χ0v) is 9.76. The molecule has 0 radical (unpaired) electrons. The lowest BCUT2D eigenvalue weighted by molar-refractivity contribution is -0.142. The van der Waals surface area contributed by atoms with Crippen LogP contribution in [0.1, 0.15) is 6.42 Å². The van der Waals surface area contributed by atoms with E-state index in [9.17, 15) is 14.4 Å². The first-order valence-corrected chi connectivity index (χ1v) is 4.92. The number of carbonyl (C=O) groups is 3. The smallest absolute Gasteiger partial charge is 0.353 e. The molecule has 0 aromatic carbocycles. The Balaban J connectivity index is 4.64. The van der Waals surface area contributed by atoms with Crippen molar-refractivity contribution in [1.29, 1.82) is 0 Å². The van der Waals surface area contributed by atoms with Crippen molar-refractivity contribution >= 4 is 23.7 Å². The lowest BCUT2D eigenvalue weighted by Gasteiger charge is -2.05. The number of ether oxygens (including phenoxy) is 2. The van der Waals surface area contributed by atoms with Gasteiger partial charge in [0.1, 0.15) is 18.9 Å². The standard InChI is InChI=1S/C11H14N2O5/c1-3-5-17-9(14)7-8(13-11(12)16)10(15)18-6-4-2/h3-4H,1-2,5-7H2,(H2,12,16)/b13-8-. The summed E-state index contributed by atoms with van der Waals surface area (Å²) < 4.78 is 9.28. The van der Waals surface area contributed by atoms with E-state index in [1.54, 1.807) is 0 Å². The quantitative estimate of drug-likeness (QED) is 0.400. The lowest BCUT2D eigenvalue weighted by Crippen LogP contribution is -2.24. The molecular formula is C11H14N2O5. The van der Waals surface area contributed by atoms with Crippen molar-refractivity contribution < 1.29 is 23.9 Å². The summed E-state index contributed by atoms with van der Waals surface area (Å²) in [4.78, 5) is 36.5. The minimum absolute atomic E-state index is 0.00953. The molecule has 7 nitrogen and oxygen atoms in total. The first-order chi connectivity index (χ1) is 8.51. The minimum atomic E-state index is -1.10. The molecule has 2 N–H and O–H groups in total. The number of nitrogens with two attached hydrogens (primary N) is 1. The number of amides is 2. The second-order valence-corrected chi connectivity index (χ2v) is 2.93. The fraction of sp³-hybridized carbons (Fsp3) is 0.273. The molecule has 0 bridgehead atoms. The molecule has 2 amide bonds. The summed E-state index contributed by atoms with van der Waals surface area (Å²) in [6, 6.07) is -1.10. The summed E-state index contributed by atoms with van der Waals surface area (Å²) in [5.41, 5.74) is 4.39. The van der Waals surface area contributed by atoms with Gasteiger partial charge in [0.05, 0.1) is 6.42 Å². The van der Waals surface area contributed by atoms with Gasteiger partial charge in [0.15, 0.2) is 0 Å². The molecule has 0 aliphatic heterocycles. The van der Waals surface area contributed by atoms with Gasteiger partial charge in [-0.25, -0.2) is 9.59 Å². The van der Waals surface area contributed by atoms with Crippen LogP contribution in [0.5, 0.6) is 0 Å². The van der Waals surface area contributed by atoms with Crippen LogP contribution in [-0.2, 0) is 19.1 Å². The van der Waals surface area contributed by atoms with Crippen LogP contribution >= 0.6 is 0 Å². The van der Waals surface area contributed by atoms with Crippen LogP contribution < -0.4 is 5.73 Å². The molecule has 0 spiro atoms. The first kappa shape index (κ1) is 15.6. The van der Waals surface area contributed by atoms with Gasteiger partial charge in [-0.15, -0.1) is 0 Å². The molecule has 0 atom stereocenters. The third-order valence-electron chi connectivity index (χ3n) is 1.49. The van der Waals surface area contributed by atoms with Gasteiger partial charge in [-0.05, 0) is 0 Å². The lowest BCUT2D eigenvalue weighted by atomic mass is 10.2. The molecule has 0 aromatic heterocycles. The van der Waals surface area contributed by atoms with Crippen LogP contribution in [0, 0.1) is 0 Å². The van der Waals surface area contributed by atoms with E-state index in [1.807, 2.05) is 0 Å². The number of hydrogen-bond acceptors (Lipinski definition) is 5. The zero-order chi connectivity index (χ0) is 14.0. The van der Waals surface area contributed by atoms with Gasteiger partial charge in [0, 0.05) is 0 Å². The molecule has 0 rings (SSSR count). The summed E-state index contributed by atoms with van der Waals surface area (Å²) in [5, 5.41) is 0. The van der Waals surface area contributed by atoms with Crippen molar-refractivity contribution in [2.75, 3.05) is 13.2 Å². The molecule has 0 aliphatic rings. The molecule has 18 heavy (non-hydrogen) atoms. The van der Waals surface area contributed by atoms with Gasteiger partial charge in [-0.1, -0.05) is 25.3 Å². The highest BCUT2D eigenvalue weighted by Crippen LogP contribution is 1.96.